The molecule has 0 atom stereocenters. The Morgan fingerprint density at radius 3 is 2.74 bits per heavy atom. The normalized spacial score (nSPS) is 15.8. The predicted octanol–water partition coefficient (Wildman–Crippen LogP) is 4.01. The van der Waals surface area contributed by atoms with E-state index in [4.69, 9.17) is 4.98 Å². The van der Waals surface area contributed by atoms with E-state index < -0.39 is 5.97 Å². The molecule has 2 N–H and O–H groups in total. The maximum Gasteiger partial charge on any atom is 0.336 e. The summed E-state index contributed by atoms with van der Waals surface area (Å²) in [5.41, 5.74) is 4.31. The Morgan fingerprint density at radius 2 is 2.00 bits per heavy atom. The molecule has 0 fully saturated rings. The van der Waals surface area contributed by atoms with Gasteiger partial charge in [-0.15, -0.1) is 0 Å². The molecule has 5 heteroatoms. The Morgan fingerprint density at radius 1 is 1.19 bits per heavy atom. The lowest BCUT2D eigenvalue weighted by atomic mass is 9.92. The summed E-state index contributed by atoms with van der Waals surface area (Å²) >= 11 is 0. The molecule has 2 heterocycles. The molecule has 2 aromatic carbocycles. The molecule has 0 bridgehead atoms. The summed E-state index contributed by atoms with van der Waals surface area (Å²) in [5.74, 6) is -0.732. The molecule has 1 aliphatic rings. The quantitative estimate of drug-likeness (QED) is 0.738. The zero-order valence-corrected chi connectivity index (χ0v) is 15.0. The fourth-order valence-electron chi connectivity index (χ4n) is 3.66. The first-order valence-electron chi connectivity index (χ1n) is 8.94. The summed E-state index contributed by atoms with van der Waals surface area (Å²) in [4.78, 5) is 19.1. The van der Waals surface area contributed by atoms with Crippen molar-refractivity contribution in [3.8, 4) is 5.75 Å². The predicted molar refractivity (Wildman–Crippen MR) is 106 cm³/mol. The van der Waals surface area contributed by atoms with Gasteiger partial charge in [0.1, 0.15) is 5.75 Å². The Hall–Kier alpha value is -3.18. The highest BCUT2D eigenvalue weighted by molar-refractivity contribution is 6.06. The van der Waals surface area contributed by atoms with Crippen LogP contribution in [0.2, 0.25) is 0 Å². The lowest BCUT2D eigenvalue weighted by Gasteiger charge is -2.30. The lowest BCUT2D eigenvalue weighted by Crippen LogP contribution is -2.31. The molecule has 0 aliphatic carbocycles. The van der Waals surface area contributed by atoms with Gasteiger partial charge in [0, 0.05) is 24.0 Å². The van der Waals surface area contributed by atoms with Crippen molar-refractivity contribution in [2.45, 2.75) is 13.5 Å². The van der Waals surface area contributed by atoms with E-state index in [0.717, 1.165) is 28.9 Å². The average Bonchev–Trinajstić information content (AvgIpc) is 2.66. The number of hydrogen-bond donors (Lipinski definition) is 2. The lowest BCUT2D eigenvalue weighted by molar-refractivity contribution is 0.0696. The van der Waals surface area contributed by atoms with Crippen molar-refractivity contribution >= 4 is 28.5 Å². The minimum Gasteiger partial charge on any atom is -0.508 e. The Kier molecular flexibility index (Phi) is 4.38. The molecule has 0 saturated carbocycles. The topological polar surface area (TPSA) is 73.7 Å². The number of phenolic OH excluding ortho intramolecular Hbond substituents is 1. The zero-order valence-electron chi connectivity index (χ0n) is 15.0. The van der Waals surface area contributed by atoms with Crippen LogP contribution in [0.4, 0.5) is 0 Å². The summed E-state index contributed by atoms with van der Waals surface area (Å²) in [6, 6.07) is 14.4. The van der Waals surface area contributed by atoms with E-state index >= 15 is 0 Å². The second-order valence-electron chi connectivity index (χ2n) is 6.70. The van der Waals surface area contributed by atoms with Crippen LogP contribution in [0.25, 0.3) is 22.6 Å². The molecular formula is C22H20N2O3. The highest BCUT2D eigenvalue weighted by Gasteiger charge is 2.27. The first-order chi connectivity index (χ1) is 13.1. The molecule has 0 amide bonds. The van der Waals surface area contributed by atoms with E-state index in [1.165, 1.54) is 0 Å². The number of carboxylic acid groups (broad SMARTS) is 1. The van der Waals surface area contributed by atoms with E-state index in [-0.39, 0.29) is 5.75 Å². The highest BCUT2D eigenvalue weighted by Crippen LogP contribution is 2.34. The van der Waals surface area contributed by atoms with Gasteiger partial charge >= 0.3 is 5.97 Å². The number of phenols is 1. The van der Waals surface area contributed by atoms with Gasteiger partial charge in [-0.25, -0.2) is 9.78 Å². The molecule has 0 unspecified atom stereocenters. The molecule has 4 rings (SSSR count). The van der Waals surface area contributed by atoms with Crippen LogP contribution in [0.1, 0.15) is 34.1 Å². The van der Waals surface area contributed by atoms with E-state index in [9.17, 15) is 15.0 Å². The number of nitrogens with zero attached hydrogens (tertiary/aromatic N) is 2. The minimum atomic E-state index is -0.931. The van der Waals surface area contributed by atoms with Gasteiger partial charge in [-0.3, -0.25) is 4.90 Å². The second-order valence-corrected chi connectivity index (χ2v) is 6.70. The van der Waals surface area contributed by atoms with E-state index in [0.29, 0.717) is 29.6 Å². The van der Waals surface area contributed by atoms with E-state index in [2.05, 4.69) is 11.8 Å². The van der Waals surface area contributed by atoms with Crippen LogP contribution in [0.5, 0.6) is 5.75 Å². The third kappa shape index (κ3) is 3.17. The number of pyridine rings is 1. The van der Waals surface area contributed by atoms with E-state index in [1.807, 2.05) is 36.4 Å². The van der Waals surface area contributed by atoms with Crippen LogP contribution in [0, 0.1) is 0 Å². The van der Waals surface area contributed by atoms with Crippen LogP contribution in [-0.2, 0) is 6.54 Å². The number of para-hydroxylation sites is 1. The molecule has 1 aromatic heterocycles. The summed E-state index contributed by atoms with van der Waals surface area (Å²) in [5, 5.41) is 20.3. The van der Waals surface area contributed by atoms with Gasteiger partial charge in [0.2, 0.25) is 0 Å². The number of fused-ring (bicyclic) bond motifs is 2. The fourth-order valence-corrected chi connectivity index (χ4v) is 3.66. The number of aromatic nitrogens is 1. The van der Waals surface area contributed by atoms with Crippen LogP contribution in [0.3, 0.4) is 0 Å². The molecule has 0 saturated heterocycles. The molecule has 0 radical (unpaired) electrons. The van der Waals surface area contributed by atoms with Crippen LogP contribution in [0.15, 0.2) is 48.5 Å². The molecule has 136 valence electrons. The first-order valence-corrected chi connectivity index (χ1v) is 8.94. The maximum atomic E-state index is 12.1. The number of aromatic carboxylic acids is 1. The molecule has 1 aliphatic heterocycles. The standard InChI is InChI=1S/C22H20N2O3/c1-2-24-12-15(10-14-6-5-7-16(25)11-14)21-18(13-24)20(22(26)27)17-8-3-4-9-19(17)23-21/h3-11,25H,2,12-13H2,1H3,(H,26,27). The van der Waals surface area contributed by atoms with Gasteiger partial charge in [0.25, 0.3) is 0 Å². The number of hydrogen-bond acceptors (Lipinski definition) is 4. The molecule has 3 aromatic rings. The largest absolute Gasteiger partial charge is 0.508 e. The molecule has 5 nitrogen and oxygen atoms in total. The Bertz CT molecular complexity index is 1070. The Balaban J connectivity index is 1.99. The van der Waals surface area contributed by atoms with Crippen molar-refractivity contribution < 1.29 is 15.0 Å². The van der Waals surface area contributed by atoms with E-state index in [1.54, 1.807) is 18.2 Å². The highest BCUT2D eigenvalue weighted by atomic mass is 16.4. The van der Waals surface area contributed by atoms with Gasteiger partial charge in [-0.2, -0.15) is 0 Å². The van der Waals surface area contributed by atoms with Crippen LogP contribution in [-0.4, -0.2) is 39.2 Å². The monoisotopic (exact) mass is 360 g/mol. The molecular weight excluding hydrogens is 340 g/mol. The first kappa shape index (κ1) is 17.2. The maximum absolute atomic E-state index is 12.1. The zero-order chi connectivity index (χ0) is 19.0. The number of carboxylic acids is 1. The molecule has 0 spiro atoms. The van der Waals surface area contributed by atoms with Gasteiger partial charge < -0.3 is 10.2 Å². The number of likely N-dealkylation sites (N-methyl/N-ethyl adjacent to an activating group) is 1. The second kappa shape index (κ2) is 6.85. The summed E-state index contributed by atoms with van der Waals surface area (Å²) in [6.45, 7) is 4.11. The summed E-state index contributed by atoms with van der Waals surface area (Å²) in [6.07, 6.45) is 1.98. The SMILES string of the molecule is CCN1CC(=Cc2cccc(O)c2)c2nc3ccccc3c(C(=O)O)c2C1. The van der Waals surface area contributed by atoms with Gasteiger partial charge in [-0.05, 0) is 42.0 Å². The van der Waals surface area contributed by atoms with Crippen molar-refractivity contribution in [2.24, 2.45) is 0 Å². The van der Waals surface area contributed by atoms with Gasteiger partial charge in [-0.1, -0.05) is 37.3 Å². The van der Waals surface area contributed by atoms with Crippen molar-refractivity contribution in [1.29, 1.82) is 0 Å². The van der Waals surface area contributed by atoms with Gasteiger partial charge in [0.15, 0.2) is 0 Å². The number of aromatic hydroxyl groups is 1. The van der Waals surface area contributed by atoms with Crippen molar-refractivity contribution in [3.63, 3.8) is 0 Å². The third-order valence-corrected chi connectivity index (χ3v) is 4.95. The van der Waals surface area contributed by atoms with Crippen LogP contribution < -0.4 is 0 Å². The number of benzene rings is 2. The third-order valence-electron chi connectivity index (χ3n) is 4.95. The summed E-state index contributed by atoms with van der Waals surface area (Å²) < 4.78 is 0. The van der Waals surface area contributed by atoms with Crippen LogP contribution >= 0.6 is 0 Å². The number of carbonyl (C=O) groups is 1. The Labute approximate surface area is 157 Å². The summed E-state index contributed by atoms with van der Waals surface area (Å²) in [7, 11) is 0. The van der Waals surface area contributed by atoms with Gasteiger partial charge in [0.05, 0.1) is 16.8 Å². The average molecular weight is 360 g/mol. The minimum absolute atomic E-state index is 0.199. The van der Waals surface area contributed by atoms with Crippen molar-refractivity contribution in [2.75, 3.05) is 13.1 Å². The molecule has 27 heavy (non-hydrogen) atoms. The van der Waals surface area contributed by atoms with Crippen molar-refractivity contribution in [1.82, 2.24) is 9.88 Å². The smallest absolute Gasteiger partial charge is 0.336 e. The fraction of sp³-hybridized carbons (Fsp3) is 0.182. The number of rotatable bonds is 3. The van der Waals surface area contributed by atoms with Crippen molar-refractivity contribution in [3.05, 3.63) is 70.9 Å².